The number of hydrogen-bond donors (Lipinski definition) is 2. The molecule has 0 bridgehead atoms. The molecule has 3 aromatic rings. The fraction of sp³-hybridized carbons (Fsp3) is 0.304. The molecule has 0 aliphatic carbocycles. The molecule has 2 unspecified atom stereocenters. The standard InChI is InChI=1S/C23H25N3O5S/c1-4-31-23(29)26-21(28)17(14(2)15-8-6-5-7-9-15)13-20(27)25-22-24-18-12-16(30-3)10-11-19(18)32-22/h5-12,14,17H,4,13H2,1-3H3,(H,24,25,27)(H,26,28,29). The Morgan fingerprint density at radius 1 is 1.12 bits per heavy atom. The summed E-state index contributed by atoms with van der Waals surface area (Å²) in [5, 5.41) is 5.42. The Morgan fingerprint density at radius 2 is 1.88 bits per heavy atom. The Hall–Kier alpha value is -3.46. The highest BCUT2D eigenvalue weighted by molar-refractivity contribution is 7.22. The Balaban J connectivity index is 1.76. The van der Waals surface area contributed by atoms with Crippen molar-refractivity contribution < 1.29 is 23.9 Å². The largest absolute Gasteiger partial charge is 0.497 e. The molecule has 0 aliphatic heterocycles. The van der Waals surface area contributed by atoms with E-state index in [2.05, 4.69) is 15.6 Å². The first-order chi connectivity index (χ1) is 15.4. The number of ether oxygens (including phenoxy) is 2. The number of carbonyl (C=O) groups is 3. The Labute approximate surface area is 189 Å². The number of hydrogen-bond acceptors (Lipinski definition) is 7. The molecule has 0 spiro atoms. The topological polar surface area (TPSA) is 107 Å². The van der Waals surface area contributed by atoms with Crippen molar-refractivity contribution >= 4 is 44.6 Å². The van der Waals surface area contributed by atoms with E-state index in [9.17, 15) is 14.4 Å². The first-order valence-electron chi connectivity index (χ1n) is 10.2. The van der Waals surface area contributed by atoms with Crippen LogP contribution in [0.15, 0.2) is 48.5 Å². The Morgan fingerprint density at radius 3 is 2.56 bits per heavy atom. The lowest BCUT2D eigenvalue weighted by Gasteiger charge is -2.22. The van der Waals surface area contributed by atoms with Crippen molar-refractivity contribution in [2.24, 2.45) is 5.92 Å². The Kier molecular flexibility index (Phi) is 7.77. The van der Waals surface area contributed by atoms with E-state index in [0.717, 1.165) is 10.3 Å². The van der Waals surface area contributed by atoms with Gasteiger partial charge in [-0.05, 0) is 30.5 Å². The number of alkyl carbamates (subject to hydrolysis) is 1. The van der Waals surface area contributed by atoms with Gasteiger partial charge in [-0.25, -0.2) is 9.78 Å². The maximum absolute atomic E-state index is 12.8. The summed E-state index contributed by atoms with van der Waals surface area (Å²) in [6.07, 6.45) is -0.955. The van der Waals surface area contributed by atoms with E-state index in [1.807, 2.05) is 49.4 Å². The predicted molar refractivity (Wildman–Crippen MR) is 123 cm³/mol. The van der Waals surface area contributed by atoms with Gasteiger partial charge in [0.05, 0.1) is 29.9 Å². The second-order valence-electron chi connectivity index (χ2n) is 7.12. The van der Waals surface area contributed by atoms with Gasteiger partial charge < -0.3 is 14.8 Å². The van der Waals surface area contributed by atoms with E-state index < -0.39 is 17.9 Å². The van der Waals surface area contributed by atoms with Crippen LogP contribution in [-0.4, -0.2) is 36.6 Å². The minimum atomic E-state index is -0.830. The second kappa shape index (κ2) is 10.7. The number of nitrogens with zero attached hydrogens (tertiary/aromatic N) is 1. The van der Waals surface area contributed by atoms with Crippen LogP contribution in [0.3, 0.4) is 0 Å². The van der Waals surface area contributed by atoms with Gasteiger partial charge in [0.1, 0.15) is 5.75 Å². The monoisotopic (exact) mass is 455 g/mol. The molecule has 0 saturated heterocycles. The first kappa shape index (κ1) is 23.2. The molecule has 1 heterocycles. The summed E-state index contributed by atoms with van der Waals surface area (Å²) in [5.41, 5.74) is 1.59. The van der Waals surface area contributed by atoms with Gasteiger partial charge in [0, 0.05) is 12.5 Å². The molecule has 1 aromatic heterocycles. The number of rotatable bonds is 8. The molecule has 32 heavy (non-hydrogen) atoms. The van der Waals surface area contributed by atoms with Crippen LogP contribution in [0.4, 0.5) is 9.93 Å². The molecule has 2 atom stereocenters. The van der Waals surface area contributed by atoms with Crippen LogP contribution in [0.2, 0.25) is 0 Å². The summed E-state index contributed by atoms with van der Waals surface area (Å²) in [6, 6.07) is 14.8. The van der Waals surface area contributed by atoms with Gasteiger partial charge in [0.2, 0.25) is 11.8 Å². The van der Waals surface area contributed by atoms with Crippen molar-refractivity contribution in [2.45, 2.75) is 26.2 Å². The van der Waals surface area contributed by atoms with Crippen LogP contribution in [0.5, 0.6) is 5.75 Å². The SMILES string of the molecule is CCOC(=O)NC(=O)C(CC(=O)Nc1nc2cc(OC)ccc2s1)C(C)c1ccccc1. The van der Waals surface area contributed by atoms with Gasteiger partial charge in [-0.1, -0.05) is 48.6 Å². The molecule has 0 fully saturated rings. The molecule has 0 aliphatic rings. The summed E-state index contributed by atoms with van der Waals surface area (Å²) in [6.45, 7) is 3.64. The van der Waals surface area contributed by atoms with Crippen molar-refractivity contribution in [3.63, 3.8) is 0 Å². The quantitative estimate of drug-likeness (QED) is 0.524. The number of methoxy groups -OCH3 is 1. The summed E-state index contributed by atoms with van der Waals surface area (Å²) in [7, 11) is 1.58. The minimum absolute atomic E-state index is 0.124. The van der Waals surface area contributed by atoms with Crippen LogP contribution in [-0.2, 0) is 14.3 Å². The van der Waals surface area contributed by atoms with Crippen molar-refractivity contribution in [1.82, 2.24) is 10.3 Å². The van der Waals surface area contributed by atoms with Crippen molar-refractivity contribution in [3.05, 3.63) is 54.1 Å². The molecular formula is C23H25N3O5S. The Bertz CT molecular complexity index is 1100. The van der Waals surface area contributed by atoms with Gasteiger partial charge in [-0.15, -0.1) is 0 Å². The summed E-state index contributed by atoms with van der Waals surface area (Å²) in [4.78, 5) is 41.8. The maximum Gasteiger partial charge on any atom is 0.413 e. The smallest absolute Gasteiger partial charge is 0.413 e. The second-order valence-corrected chi connectivity index (χ2v) is 8.15. The van der Waals surface area contributed by atoms with E-state index in [4.69, 9.17) is 9.47 Å². The first-order valence-corrected chi connectivity index (χ1v) is 11.0. The molecule has 3 amide bonds. The van der Waals surface area contributed by atoms with Crippen LogP contribution in [0, 0.1) is 5.92 Å². The highest BCUT2D eigenvalue weighted by Crippen LogP contribution is 2.30. The zero-order chi connectivity index (χ0) is 23.1. The van der Waals surface area contributed by atoms with Gasteiger partial charge in [-0.2, -0.15) is 0 Å². The number of aromatic nitrogens is 1. The van der Waals surface area contributed by atoms with Gasteiger partial charge >= 0.3 is 6.09 Å². The average molecular weight is 456 g/mol. The third kappa shape index (κ3) is 5.82. The number of imide groups is 1. The van der Waals surface area contributed by atoms with Crippen molar-refractivity contribution in [3.8, 4) is 5.75 Å². The van der Waals surface area contributed by atoms with Gasteiger partial charge in [0.25, 0.3) is 0 Å². The highest BCUT2D eigenvalue weighted by Gasteiger charge is 2.30. The van der Waals surface area contributed by atoms with E-state index >= 15 is 0 Å². The number of nitrogens with one attached hydrogen (secondary N) is 2. The van der Waals surface area contributed by atoms with Crippen LogP contribution < -0.4 is 15.4 Å². The number of benzene rings is 2. The van der Waals surface area contributed by atoms with E-state index in [1.165, 1.54) is 11.3 Å². The van der Waals surface area contributed by atoms with Crippen LogP contribution in [0.25, 0.3) is 10.2 Å². The van der Waals surface area contributed by atoms with Crippen molar-refractivity contribution in [2.75, 3.05) is 19.0 Å². The van der Waals surface area contributed by atoms with Gasteiger partial charge in [-0.3, -0.25) is 14.9 Å². The number of carbonyl (C=O) groups excluding carboxylic acids is 3. The molecule has 9 heteroatoms. The molecule has 2 aromatic carbocycles. The minimum Gasteiger partial charge on any atom is -0.497 e. The summed E-state index contributed by atoms with van der Waals surface area (Å²) < 4.78 is 10.9. The number of thiazole rings is 1. The fourth-order valence-electron chi connectivity index (χ4n) is 3.30. The summed E-state index contributed by atoms with van der Waals surface area (Å²) >= 11 is 1.33. The number of amides is 3. The van der Waals surface area contributed by atoms with E-state index in [0.29, 0.717) is 16.4 Å². The molecule has 0 radical (unpaired) electrons. The van der Waals surface area contributed by atoms with Crippen LogP contribution >= 0.6 is 11.3 Å². The van der Waals surface area contributed by atoms with Gasteiger partial charge in [0.15, 0.2) is 5.13 Å². The molecule has 8 nitrogen and oxygen atoms in total. The third-order valence-corrected chi connectivity index (χ3v) is 5.96. The number of fused-ring (bicyclic) bond motifs is 1. The summed E-state index contributed by atoms with van der Waals surface area (Å²) in [5.74, 6) is -1.35. The van der Waals surface area contributed by atoms with E-state index in [-0.39, 0.29) is 24.9 Å². The normalized spacial score (nSPS) is 12.6. The van der Waals surface area contributed by atoms with Crippen LogP contribution in [0.1, 0.15) is 31.7 Å². The zero-order valence-corrected chi connectivity index (χ0v) is 18.9. The average Bonchev–Trinajstić information content (AvgIpc) is 3.18. The fourth-order valence-corrected chi connectivity index (χ4v) is 4.17. The molecule has 3 rings (SSSR count). The van der Waals surface area contributed by atoms with Crippen molar-refractivity contribution in [1.29, 1.82) is 0 Å². The highest BCUT2D eigenvalue weighted by atomic mass is 32.1. The lowest BCUT2D eigenvalue weighted by molar-refractivity contribution is -0.128. The maximum atomic E-state index is 12.8. The number of anilines is 1. The lowest BCUT2D eigenvalue weighted by Crippen LogP contribution is -2.39. The van der Waals surface area contributed by atoms with E-state index in [1.54, 1.807) is 20.1 Å². The third-order valence-electron chi connectivity index (χ3n) is 5.01. The molecular weight excluding hydrogens is 430 g/mol. The predicted octanol–water partition coefficient (Wildman–Crippen LogP) is 4.33. The molecule has 0 saturated carbocycles. The molecule has 2 N–H and O–H groups in total. The lowest BCUT2D eigenvalue weighted by atomic mass is 9.84. The zero-order valence-electron chi connectivity index (χ0n) is 18.1. The molecule has 168 valence electrons.